The van der Waals surface area contributed by atoms with E-state index in [1.807, 2.05) is 35.2 Å². The van der Waals surface area contributed by atoms with Crippen molar-refractivity contribution in [3.63, 3.8) is 0 Å². The van der Waals surface area contributed by atoms with Crippen LogP contribution < -0.4 is 10.2 Å². The van der Waals surface area contributed by atoms with Crippen molar-refractivity contribution in [2.75, 3.05) is 29.5 Å². The fourth-order valence-corrected chi connectivity index (χ4v) is 4.67. The number of amides is 1. The van der Waals surface area contributed by atoms with Crippen LogP contribution in [0.2, 0.25) is 0 Å². The van der Waals surface area contributed by atoms with Gasteiger partial charge in [0.15, 0.2) is 0 Å². The molecular weight excluding hydrogens is 444 g/mol. The molecule has 1 aliphatic heterocycles. The first kappa shape index (κ1) is 23.2. The molecule has 9 nitrogen and oxygen atoms in total. The molecule has 3 rings (SSSR count). The largest absolute Gasteiger partial charge is 0.352 e. The molecule has 1 heterocycles. The van der Waals surface area contributed by atoms with E-state index in [2.05, 4.69) is 5.32 Å². The lowest BCUT2D eigenvalue weighted by atomic mass is 9.91. The summed E-state index contributed by atoms with van der Waals surface area (Å²) in [6.45, 7) is 0.431. The number of carbonyl (C=O) groups excluding carboxylic acids is 1. The zero-order valence-corrected chi connectivity index (χ0v) is 18.3. The van der Waals surface area contributed by atoms with Crippen LogP contribution in [0.25, 0.3) is 0 Å². The third-order valence-electron chi connectivity index (χ3n) is 4.98. The zero-order chi connectivity index (χ0) is 22.6. The Morgan fingerprint density at radius 2 is 1.55 bits per heavy atom. The second-order valence-electron chi connectivity index (χ2n) is 7.30. The summed E-state index contributed by atoms with van der Waals surface area (Å²) in [4.78, 5) is 14.7. The minimum atomic E-state index is -4.08. The van der Waals surface area contributed by atoms with Gasteiger partial charge in [-0.25, -0.2) is 0 Å². The van der Waals surface area contributed by atoms with Gasteiger partial charge in [0, 0.05) is 36.4 Å². The van der Waals surface area contributed by atoms with Crippen LogP contribution in [-0.4, -0.2) is 56.4 Å². The molecule has 1 aliphatic rings. The average molecular weight is 469 g/mol. The molecule has 31 heavy (non-hydrogen) atoms. The molecule has 0 atom stereocenters. The fraction of sp³-hybridized carbons (Fsp3) is 0.350. The maximum absolute atomic E-state index is 12.8. The van der Waals surface area contributed by atoms with E-state index in [-0.39, 0.29) is 31.0 Å². The number of benzene rings is 2. The van der Waals surface area contributed by atoms with Gasteiger partial charge in [-0.15, -0.1) is 0 Å². The van der Waals surface area contributed by atoms with Crippen LogP contribution in [0.15, 0.2) is 42.5 Å². The summed E-state index contributed by atoms with van der Waals surface area (Å²) < 4.78 is 61.8. The summed E-state index contributed by atoms with van der Waals surface area (Å²) in [6.07, 6.45) is 0.803. The zero-order valence-electron chi connectivity index (χ0n) is 16.7. The minimum absolute atomic E-state index is 0.0875. The molecule has 2 aromatic rings. The summed E-state index contributed by atoms with van der Waals surface area (Å²) in [7, 11) is -8.16. The monoisotopic (exact) mass is 468 g/mol. The highest BCUT2D eigenvalue weighted by Crippen LogP contribution is 2.40. The van der Waals surface area contributed by atoms with Gasteiger partial charge in [-0.3, -0.25) is 13.9 Å². The highest BCUT2D eigenvalue weighted by molar-refractivity contribution is 7.86. The van der Waals surface area contributed by atoms with Crippen LogP contribution in [0.3, 0.4) is 0 Å². The second kappa shape index (κ2) is 9.35. The van der Waals surface area contributed by atoms with Crippen LogP contribution in [0.1, 0.15) is 34.3 Å². The van der Waals surface area contributed by atoms with Crippen molar-refractivity contribution >= 4 is 37.5 Å². The van der Waals surface area contributed by atoms with Gasteiger partial charge in [-0.2, -0.15) is 16.8 Å². The van der Waals surface area contributed by atoms with Crippen LogP contribution in [0, 0.1) is 0 Å². The summed E-state index contributed by atoms with van der Waals surface area (Å²) in [5.41, 5.74) is 3.89. The van der Waals surface area contributed by atoms with E-state index in [1.54, 1.807) is 12.1 Å². The highest BCUT2D eigenvalue weighted by Gasteiger charge is 2.26. The number of carbonyl (C=O) groups is 1. The topological polar surface area (TPSA) is 141 Å². The molecule has 11 heteroatoms. The van der Waals surface area contributed by atoms with Gasteiger partial charge in [0.1, 0.15) is 0 Å². The van der Waals surface area contributed by atoms with Gasteiger partial charge >= 0.3 is 0 Å². The van der Waals surface area contributed by atoms with E-state index in [0.717, 1.165) is 22.5 Å². The molecule has 3 N–H and O–H groups in total. The number of nitrogens with zero attached hydrogens (tertiary/aromatic N) is 1. The van der Waals surface area contributed by atoms with Gasteiger partial charge in [0.25, 0.3) is 26.1 Å². The second-order valence-corrected chi connectivity index (χ2v) is 10.4. The predicted molar refractivity (Wildman–Crippen MR) is 117 cm³/mol. The molecule has 0 spiro atoms. The summed E-state index contributed by atoms with van der Waals surface area (Å²) in [5.74, 6) is -1.16. The maximum atomic E-state index is 12.8. The first-order chi connectivity index (χ1) is 14.6. The number of hydrogen-bond acceptors (Lipinski definition) is 6. The predicted octanol–water partition coefficient (Wildman–Crippen LogP) is 2.01. The van der Waals surface area contributed by atoms with Crippen molar-refractivity contribution in [3.05, 3.63) is 59.2 Å². The molecule has 0 unspecified atom stereocenters. The molecule has 0 saturated heterocycles. The molecule has 1 amide bonds. The average Bonchev–Trinajstić information content (AvgIpc) is 2.68. The summed E-state index contributed by atoms with van der Waals surface area (Å²) >= 11 is 0. The quantitative estimate of drug-likeness (QED) is 0.375. The summed E-state index contributed by atoms with van der Waals surface area (Å²) in [5, 5.41) is 2.68. The van der Waals surface area contributed by atoms with E-state index >= 15 is 0 Å². The summed E-state index contributed by atoms with van der Waals surface area (Å²) in [6, 6.07) is 12.9. The van der Waals surface area contributed by atoms with E-state index in [9.17, 15) is 21.6 Å². The van der Waals surface area contributed by atoms with Gasteiger partial charge in [0.2, 0.25) is 0 Å². The molecule has 2 aromatic carbocycles. The molecule has 0 fully saturated rings. The number of fused-ring (bicyclic) bond motifs is 2. The van der Waals surface area contributed by atoms with Crippen LogP contribution in [0.4, 0.5) is 11.4 Å². The molecule has 0 bridgehead atoms. The van der Waals surface area contributed by atoms with E-state index in [4.69, 9.17) is 9.11 Å². The first-order valence-electron chi connectivity index (χ1n) is 9.71. The van der Waals surface area contributed by atoms with Gasteiger partial charge < -0.3 is 10.2 Å². The number of rotatable bonds is 9. The molecule has 0 radical (unpaired) electrons. The number of para-hydroxylation sites is 1. The van der Waals surface area contributed by atoms with E-state index in [0.29, 0.717) is 18.5 Å². The Hall–Kier alpha value is -2.47. The smallest absolute Gasteiger partial charge is 0.264 e. The first-order valence-corrected chi connectivity index (χ1v) is 12.9. The normalized spacial score (nSPS) is 13.4. The maximum Gasteiger partial charge on any atom is 0.264 e. The van der Waals surface area contributed by atoms with Gasteiger partial charge in [-0.05, 0) is 42.2 Å². The number of nitrogens with one attached hydrogen (secondary N) is 1. The Balaban J connectivity index is 1.84. The lowest BCUT2D eigenvalue weighted by Gasteiger charge is -2.34. The highest BCUT2D eigenvalue weighted by atomic mass is 32.2. The number of hydrogen-bond donors (Lipinski definition) is 3. The Morgan fingerprint density at radius 1 is 0.903 bits per heavy atom. The lowest BCUT2D eigenvalue weighted by Crippen LogP contribution is -2.30. The Kier molecular flexibility index (Phi) is 6.99. The molecule has 0 aliphatic carbocycles. The Morgan fingerprint density at radius 3 is 2.26 bits per heavy atom. The van der Waals surface area contributed by atoms with Gasteiger partial charge in [-0.1, -0.05) is 24.3 Å². The minimum Gasteiger partial charge on any atom is -0.352 e. The van der Waals surface area contributed by atoms with Crippen LogP contribution in [-0.2, 0) is 26.7 Å². The third-order valence-corrected chi connectivity index (χ3v) is 6.59. The van der Waals surface area contributed by atoms with E-state index < -0.39 is 26.0 Å². The Bertz CT molecular complexity index is 1180. The third kappa shape index (κ3) is 6.26. The van der Waals surface area contributed by atoms with Crippen molar-refractivity contribution in [3.8, 4) is 0 Å². The Labute approximate surface area is 181 Å². The van der Waals surface area contributed by atoms with Gasteiger partial charge in [0.05, 0.1) is 11.5 Å². The molecule has 0 aromatic heterocycles. The van der Waals surface area contributed by atoms with Crippen molar-refractivity contribution in [1.82, 2.24) is 5.32 Å². The molecule has 168 valence electrons. The SMILES string of the molecule is O=C(NCCCS(=O)(=O)O)c1cccc2c1Cc1ccccc1N2CCCS(=O)(=O)O. The number of anilines is 2. The van der Waals surface area contributed by atoms with E-state index in [1.165, 1.54) is 0 Å². The standard InChI is InChI=1S/C20H24N2O7S2/c23-20(21-10-4-12-30(24,25)26)16-7-3-9-19-17(16)14-15-6-1-2-8-18(15)22(19)11-5-13-31(27,28)29/h1-3,6-9H,4-5,10-14H2,(H,21,23)(H,24,25,26)(H,27,28,29). The van der Waals surface area contributed by atoms with Crippen molar-refractivity contribution in [1.29, 1.82) is 0 Å². The molecule has 0 saturated carbocycles. The fourth-order valence-electron chi connectivity index (χ4n) is 3.67. The lowest BCUT2D eigenvalue weighted by molar-refractivity contribution is 0.0952. The van der Waals surface area contributed by atoms with Crippen molar-refractivity contribution in [2.45, 2.75) is 19.3 Å². The van der Waals surface area contributed by atoms with Crippen LogP contribution in [0.5, 0.6) is 0 Å². The van der Waals surface area contributed by atoms with Crippen molar-refractivity contribution < 1.29 is 30.7 Å². The molecular formula is C20H24N2O7S2. The van der Waals surface area contributed by atoms with Crippen molar-refractivity contribution in [2.24, 2.45) is 0 Å². The van der Waals surface area contributed by atoms with Crippen LogP contribution >= 0.6 is 0 Å².